The molecule has 2 amide bonds. The summed E-state index contributed by atoms with van der Waals surface area (Å²) in [5, 5.41) is 20.5. The zero-order valence-electron chi connectivity index (χ0n) is 19.6. The van der Waals surface area contributed by atoms with Crippen LogP contribution in [0.3, 0.4) is 0 Å². The van der Waals surface area contributed by atoms with Gasteiger partial charge in [0.25, 0.3) is 5.91 Å². The van der Waals surface area contributed by atoms with Gasteiger partial charge in [-0.05, 0) is 6.07 Å². The molecule has 1 aromatic heterocycles. The molecule has 2 atom stereocenters. The second-order valence-electron chi connectivity index (χ2n) is 8.82. The third kappa shape index (κ3) is 5.18. The van der Waals surface area contributed by atoms with Gasteiger partial charge in [-0.1, -0.05) is 6.07 Å². The van der Waals surface area contributed by atoms with Gasteiger partial charge in [0, 0.05) is 0 Å². The van der Waals surface area contributed by atoms with Crippen molar-refractivity contribution in [1.82, 2.24) is 15.1 Å². The van der Waals surface area contributed by atoms with Gasteiger partial charge in [0.2, 0.25) is 0 Å². The van der Waals surface area contributed by atoms with Crippen LogP contribution >= 0.6 is 0 Å². The number of nitrogens with two attached hydrogens (primary N) is 2. The zero-order valence-corrected chi connectivity index (χ0v) is 21.8. The molecule has 5 N–H and O–H groups in total. The monoisotopic (exact) mass is 611 g/mol. The molecule has 1 fully saturated rings. The number of hydrogen-bond donors (Lipinski definition) is 3. The Morgan fingerprint density at radius 3 is 2.49 bits per heavy atom. The molecule has 1 aliphatic rings. The van der Waals surface area contributed by atoms with E-state index in [-0.39, 0.29) is 15.3 Å². The third-order valence-electron chi connectivity index (χ3n) is 6.46. The van der Waals surface area contributed by atoms with Crippen molar-refractivity contribution in [3.63, 3.8) is 0 Å². The summed E-state index contributed by atoms with van der Waals surface area (Å²) in [5.41, 5.74) is 13.9. The predicted octanol–water partition coefficient (Wildman–Crippen LogP) is -0.117. The van der Waals surface area contributed by atoms with Gasteiger partial charge in [0.1, 0.15) is 0 Å². The fraction of sp³-hybridized carbons (Fsp3) is 0.192. The summed E-state index contributed by atoms with van der Waals surface area (Å²) in [6.07, 6.45) is 3.76. The summed E-state index contributed by atoms with van der Waals surface area (Å²) in [5.74, 6) is -0.845. The second kappa shape index (κ2) is 10.3. The minimum atomic E-state index is -0.675. The number of halogens is 1. The van der Waals surface area contributed by atoms with Gasteiger partial charge in [-0.25, -0.2) is 0 Å². The summed E-state index contributed by atoms with van der Waals surface area (Å²) < 4.78 is 2.65. The first-order chi connectivity index (χ1) is 17.8. The molecular weight excluding hydrogens is 587 g/mol. The van der Waals surface area contributed by atoms with E-state index in [1.54, 1.807) is 28.9 Å². The van der Waals surface area contributed by atoms with Crippen molar-refractivity contribution >= 4 is 28.4 Å². The van der Waals surface area contributed by atoms with Crippen LogP contribution < -0.4 is 38.0 Å². The molecule has 0 radical (unpaired) electrons. The van der Waals surface area contributed by atoms with Gasteiger partial charge in [-0.3, -0.25) is 4.79 Å². The molecule has 5 rings (SSSR count). The van der Waals surface area contributed by atoms with E-state index in [9.17, 15) is 19.7 Å². The van der Waals surface area contributed by atoms with Crippen LogP contribution in [-0.4, -0.2) is 37.1 Å². The molecule has 3 aromatic carbocycles. The minimum absolute atomic E-state index is 0.0298. The number of nitrogens with zero attached hydrogens (tertiary/aromatic N) is 3. The first-order valence-electron chi connectivity index (χ1n) is 11.6. The van der Waals surface area contributed by atoms with E-state index in [1.807, 2.05) is 24.4 Å². The van der Waals surface area contributed by atoms with Crippen LogP contribution in [0.15, 0.2) is 66.9 Å². The number of fused-ring (bicyclic) bond motifs is 1. The summed E-state index contributed by atoms with van der Waals surface area (Å²) in [6.45, 7) is 0.782. The molecular formula is C26H24IN6O4-. The van der Waals surface area contributed by atoms with Gasteiger partial charge >= 0.3 is 194 Å². The molecule has 2 heterocycles. The quantitative estimate of drug-likeness (QED) is 0.0870. The molecule has 0 saturated carbocycles. The van der Waals surface area contributed by atoms with Crippen LogP contribution in [0.4, 0.5) is 5.69 Å². The first kappa shape index (κ1) is 24.8. The molecule has 190 valence electrons. The maximum atomic E-state index is 11.7. The number of rotatable bonds is 7. The Balaban J connectivity index is 1.25. The number of piperidine rings is 1. The van der Waals surface area contributed by atoms with Crippen molar-refractivity contribution in [1.29, 1.82) is 0 Å². The Bertz CT molecular complexity index is 1510. The van der Waals surface area contributed by atoms with Crippen molar-refractivity contribution in [2.45, 2.75) is 22.8 Å². The van der Waals surface area contributed by atoms with Crippen LogP contribution in [0, 0.1) is 13.7 Å². The second-order valence-corrected chi connectivity index (χ2v) is 12.1. The van der Waals surface area contributed by atoms with Gasteiger partial charge in [-0.15, -0.1) is 0 Å². The SMILES string of the molecule is NC(=O)c1ccc([I-]C2CC[C@@H](c3ccc(-n4cc5cccc(C(N)=O)c5n4)cc3)CN2)c([N+](=O)[O-])c1. The van der Waals surface area contributed by atoms with Crippen LogP contribution in [0.5, 0.6) is 0 Å². The number of nitro benzene ring substituents is 1. The van der Waals surface area contributed by atoms with Gasteiger partial charge < -0.3 is 5.73 Å². The maximum absolute atomic E-state index is 11.7. The summed E-state index contributed by atoms with van der Waals surface area (Å²) in [6, 6.07) is 18.1. The average molecular weight is 611 g/mol. The van der Waals surface area contributed by atoms with Crippen molar-refractivity contribution in [3.05, 3.63) is 97.2 Å². The molecule has 0 aliphatic carbocycles. The van der Waals surface area contributed by atoms with Gasteiger partial charge in [0.15, 0.2) is 0 Å². The first-order valence-corrected chi connectivity index (χ1v) is 14.0. The molecule has 1 unspecified atom stereocenters. The average Bonchev–Trinajstić information content (AvgIpc) is 3.33. The molecule has 37 heavy (non-hydrogen) atoms. The molecule has 1 saturated heterocycles. The molecule has 10 nitrogen and oxygen atoms in total. The van der Waals surface area contributed by atoms with Crippen LogP contribution in [-0.2, 0) is 0 Å². The fourth-order valence-electron chi connectivity index (χ4n) is 4.52. The molecule has 0 bridgehead atoms. The number of nitro groups is 1. The number of carbonyl (C=O) groups is 2. The number of aromatic nitrogens is 2. The summed E-state index contributed by atoms with van der Waals surface area (Å²) in [7, 11) is 0. The number of nitrogens with one attached hydrogen (secondary N) is 1. The Labute approximate surface area is 222 Å². The van der Waals surface area contributed by atoms with E-state index < -0.39 is 37.9 Å². The van der Waals surface area contributed by atoms with Gasteiger partial charge in [-0.2, -0.15) is 0 Å². The van der Waals surface area contributed by atoms with E-state index in [0.29, 0.717) is 20.6 Å². The molecule has 0 spiro atoms. The Kier molecular flexibility index (Phi) is 6.89. The Morgan fingerprint density at radius 1 is 1.05 bits per heavy atom. The third-order valence-corrected chi connectivity index (χ3v) is 9.86. The number of alkyl halides is 1. The number of benzene rings is 3. The van der Waals surface area contributed by atoms with E-state index in [0.717, 1.165) is 30.5 Å². The van der Waals surface area contributed by atoms with Crippen molar-refractivity contribution < 1.29 is 35.7 Å². The number of carbonyl (C=O) groups excluding carboxylic acids is 2. The van der Waals surface area contributed by atoms with Crippen molar-refractivity contribution in [3.8, 4) is 5.69 Å². The predicted molar refractivity (Wildman–Crippen MR) is 134 cm³/mol. The van der Waals surface area contributed by atoms with E-state index in [1.165, 1.54) is 11.6 Å². The topological polar surface area (TPSA) is 159 Å². The van der Waals surface area contributed by atoms with Crippen molar-refractivity contribution in [2.24, 2.45) is 11.5 Å². The van der Waals surface area contributed by atoms with Crippen LogP contribution in [0.2, 0.25) is 0 Å². The Morgan fingerprint density at radius 2 is 1.84 bits per heavy atom. The Hall–Kier alpha value is -3.84. The molecule has 11 heteroatoms. The number of hydrogen-bond acceptors (Lipinski definition) is 6. The molecule has 4 aromatic rings. The summed E-state index contributed by atoms with van der Waals surface area (Å²) >= 11 is -0.675. The standard InChI is InChI=1S/C26H24IN6O4/c28-25(34)16-6-10-21(22(12-16)33(36)37)27-23-11-7-17(13-30-23)15-4-8-19(9-5-15)32-14-18-2-1-3-20(26(29)35)24(18)31-32/h1-6,8-10,12,14,17,23,30H,7,11,13H2,(H2,28,34)(H2,29,35)/q-1/t17-,23?/m1/s1. The van der Waals surface area contributed by atoms with Gasteiger partial charge in [0.05, 0.1) is 0 Å². The summed E-state index contributed by atoms with van der Waals surface area (Å²) in [4.78, 5) is 34.2. The van der Waals surface area contributed by atoms with E-state index in [4.69, 9.17) is 11.5 Å². The van der Waals surface area contributed by atoms with Crippen molar-refractivity contribution in [2.75, 3.05) is 6.54 Å². The normalized spacial score (nSPS) is 17.6. The van der Waals surface area contributed by atoms with E-state index >= 15 is 0 Å². The number of amides is 2. The van der Waals surface area contributed by atoms with E-state index in [2.05, 4.69) is 22.5 Å². The van der Waals surface area contributed by atoms with Crippen LogP contribution in [0.1, 0.15) is 45.0 Å². The van der Waals surface area contributed by atoms with Crippen LogP contribution in [0.25, 0.3) is 16.6 Å². The fourth-order valence-corrected chi connectivity index (χ4v) is 7.53. The zero-order chi connectivity index (χ0) is 26.1. The number of primary amides is 2. The molecule has 1 aliphatic heterocycles.